The Morgan fingerprint density at radius 3 is 2.74 bits per heavy atom. The number of amides is 2. The quantitative estimate of drug-likeness (QED) is 0.731. The van der Waals surface area contributed by atoms with Crippen LogP contribution in [0.3, 0.4) is 0 Å². The fourth-order valence-corrected chi connectivity index (χ4v) is 2.17. The fourth-order valence-electron chi connectivity index (χ4n) is 1.79. The summed E-state index contributed by atoms with van der Waals surface area (Å²) < 4.78 is 211. The Bertz CT molecular complexity index is 1560. The molecule has 0 spiro atoms. The van der Waals surface area contributed by atoms with Gasteiger partial charge in [0.2, 0.25) is 0 Å². The first-order chi connectivity index (χ1) is 22.5. The molecule has 1 aliphatic heterocycles. The van der Waals surface area contributed by atoms with E-state index in [-0.39, 0.29) is 9.92 Å². The Morgan fingerprint density at radius 2 is 2.04 bits per heavy atom. The minimum absolute atomic E-state index is 0.201. The highest BCUT2D eigenvalue weighted by molar-refractivity contribution is 6.43. The van der Waals surface area contributed by atoms with Gasteiger partial charge in [0.25, 0.3) is 0 Å². The monoisotopic (exact) mass is 437 g/mol. The van der Waals surface area contributed by atoms with Crippen LogP contribution in [0, 0.1) is 5.89 Å². The highest BCUT2D eigenvalue weighted by Crippen LogP contribution is 2.33. The summed E-state index contributed by atoms with van der Waals surface area (Å²) in [5.41, 5.74) is -0.791. The molecule has 1 aromatic rings. The first-order valence-electron chi connectivity index (χ1n) is 19.7. The molecular weight excluding hydrogens is 383 g/mol. The number of piperazine rings is 1. The van der Waals surface area contributed by atoms with Crippen LogP contribution in [0.2, 0.25) is 10.0 Å². The van der Waals surface area contributed by atoms with Crippen molar-refractivity contribution >= 4 is 34.9 Å². The molecule has 2 N–H and O–H groups in total. The third-order valence-electron chi connectivity index (χ3n) is 2.99. The summed E-state index contributed by atoms with van der Waals surface area (Å²) >= 11 is 12.1. The Balaban J connectivity index is 2.40. The molecule has 2 amide bonds. The minimum Gasteiger partial charge on any atom is -0.368 e. The number of nitrogens with zero attached hydrogens (tertiary/aromatic N) is 2. The zero-order chi connectivity index (χ0) is 41.5. The molecule has 2 fully saturated rings. The summed E-state index contributed by atoms with van der Waals surface area (Å²) in [7, 11) is 0. The number of anilines is 1. The normalized spacial score (nSPS) is 59.5. The molecule has 5 nitrogen and oxygen atoms in total. The topological polar surface area (TPSA) is 47.6 Å². The number of carbonyl (C=O) groups excluding carboxylic acids is 1. The van der Waals surface area contributed by atoms with Crippen LogP contribution >= 0.6 is 23.2 Å². The molecule has 1 saturated carbocycles. The molecule has 7 heteroatoms. The van der Waals surface area contributed by atoms with E-state index >= 15 is 0 Å². The van der Waals surface area contributed by atoms with Crippen LogP contribution in [0.15, 0.2) is 18.2 Å². The van der Waals surface area contributed by atoms with E-state index in [0.29, 0.717) is 0 Å². The zero-order valence-corrected chi connectivity index (χ0v) is 14.8. The van der Waals surface area contributed by atoms with Gasteiger partial charge in [-0.25, -0.2) is 4.79 Å². The maximum absolute atomic E-state index is 12.4. The molecular formula is C20H30Cl2N4O. The average Bonchev–Trinajstić information content (AvgIpc) is 2.91. The first kappa shape index (κ1) is 5.71. The second-order valence-corrected chi connectivity index (χ2v) is 5.54. The third kappa shape index (κ3) is 5.66. The van der Waals surface area contributed by atoms with Gasteiger partial charge in [-0.15, -0.1) is 0 Å². The van der Waals surface area contributed by atoms with Gasteiger partial charge in [0.05, 0.1) is 22.6 Å². The molecule has 0 aromatic heterocycles. The van der Waals surface area contributed by atoms with Crippen molar-refractivity contribution in [1.82, 2.24) is 15.5 Å². The van der Waals surface area contributed by atoms with E-state index < -0.39 is 105 Å². The van der Waals surface area contributed by atoms with E-state index in [0.717, 1.165) is 18.2 Å². The van der Waals surface area contributed by atoms with E-state index in [4.69, 9.17) is 57.5 Å². The minimum atomic E-state index is -5.02. The lowest BCUT2D eigenvalue weighted by molar-refractivity contribution is 0.206. The van der Waals surface area contributed by atoms with Crippen molar-refractivity contribution < 1.29 is 39.1 Å². The van der Waals surface area contributed by atoms with E-state index in [1.807, 2.05) is 0 Å². The van der Waals surface area contributed by atoms with Crippen LogP contribution in [0.25, 0.3) is 0 Å². The summed E-state index contributed by atoms with van der Waals surface area (Å²) in [6.45, 7) is -25.1. The van der Waals surface area contributed by atoms with Gasteiger partial charge >= 0.3 is 6.03 Å². The lowest BCUT2D eigenvalue weighted by Gasteiger charge is -2.37. The van der Waals surface area contributed by atoms with E-state index in [1.54, 1.807) is 0 Å². The summed E-state index contributed by atoms with van der Waals surface area (Å²) in [6.07, 6.45) is -23.7. The standard InChI is InChI=1S/C20H30Cl2N4O/c1-23-20(27)24-16-7-5-15(6-8-16)9-10-25-11-13-26(14-12-25)18-4-2-3-17(21)19(18)22/h2-4,15-16H,5-14H2,1H3,(H2,23,24,27)/i1D3,5D2,6D2,7D2,8D2,9D2,10D2,11D2,12D2,13D2,14D2,15D,16D. The van der Waals surface area contributed by atoms with Crippen LogP contribution in [-0.4, -0.2) is 56.4 Å². The maximum atomic E-state index is 12.4. The van der Waals surface area contributed by atoms with Crippen LogP contribution in [0.1, 0.15) is 66.1 Å². The fraction of sp³-hybridized carbons (Fsp3) is 0.650. The molecule has 27 heavy (non-hydrogen) atoms. The Hall–Kier alpha value is -1.17. The van der Waals surface area contributed by atoms with Gasteiger partial charge in [-0.1, -0.05) is 29.3 Å². The second kappa shape index (κ2) is 9.85. The molecule has 0 bridgehead atoms. The first-order valence-corrected chi connectivity index (χ1v) is 7.92. The van der Waals surface area contributed by atoms with E-state index in [1.165, 1.54) is 10.6 Å². The number of carbonyl (C=O) groups is 1. The SMILES string of the molecule is [2H]C([2H])([2H])NC(=O)NC1([2H])C([2H])([2H])C([2H])([2H])C([2H])(C([2H])([2H])C([2H])([2H])N2C([2H])([2H])C([2H])([2H])N(c3cccc(Cl)c3Cl)C([2H])([2H])C2([2H])[2H])C([2H])([2H])C1([2H])[2H]. The van der Waals surface area contributed by atoms with Gasteiger partial charge in [-0.2, -0.15) is 0 Å². The van der Waals surface area contributed by atoms with Crippen molar-refractivity contribution in [2.45, 2.75) is 37.9 Å². The molecule has 0 unspecified atom stereocenters. The van der Waals surface area contributed by atoms with Crippen LogP contribution < -0.4 is 15.5 Å². The Labute approximate surface area is 207 Å². The molecule has 0 radical (unpaired) electrons. The largest absolute Gasteiger partial charge is 0.368 e. The van der Waals surface area contributed by atoms with Gasteiger partial charge in [0.1, 0.15) is 0 Å². The number of rotatable bonds is 5. The Kier molecular flexibility index (Phi) is 2.08. The lowest BCUT2D eigenvalue weighted by atomic mass is 9.84. The van der Waals surface area contributed by atoms with Gasteiger partial charge in [0.15, 0.2) is 0 Å². The number of hydrogen-bond acceptors (Lipinski definition) is 3. The van der Waals surface area contributed by atoms with E-state index in [2.05, 4.69) is 0 Å². The molecule has 3 rings (SSSR count). The third-order valence-corrected chi connectivity index (χ3v) is 3.80. The van der Waals surface area contributed by atoms with Crippen LogP contribution in [0.5, 0.6) is 0 Å². The van der Waals surface area contributed by atoms with Gasteiger partial charge in [-0.05, 0) is 56.4 Å². The van der Waals surface area contributed by atoms with Crippen molar-refractivity contribution in [3.8, 4) is 0 Å². The molecule has 150 valence electrons. The molecule has 2 aliphatic rings. The van der Waals surface area contributed by atoms with Crippen molar-refractivity contribution in [3.63, 3.8) is 0 Å². The van der Waals surface area contributed by atoms with Gasteiger partial charge in [-0.3, -0.25) is 4.90 Å². The average molecular weight is 439 g/mol. The number of benzene rings is 1. The van der Waals surface area contributed by atoms with Crippen LogP contribution in [0.4, 0.5) is 10.5 Å². The van der Waals surface area contributed by atoms with Crippen molar-refractivity contribution in [2.24, 2.45) is 5.89 Å². The van der Waals surface area contributed by atoms with Crippen molar-refractivity contribution in [1.29, 1.82) is 0 Å². The molecule has 1 aliphatic carbocycles. The van der Waals surface area contributed by atoms with Crippen molar-refractivity contribution in [2.75, 3.05) is 44.4 Å². The van der Waals surface area contributed by atoms with Crippen LogP contribution in [-0.2, 0) is 0 Å². The van der Waals surface area contributed by atoms with E-state index in [9.17, 15) is 4.79 Å². The van der Waals surface area contributed by atoms with Crippen molar-refractivity contribution in [3.05, 3.63) is 28.2 Å². The number of hydrogen-bond donors (Lipinski definition) is 2. The highest BCUT2D eigenvalue weighted by atomic mass is 35.5. The predicted octanol–water partition coefficient (Wildman–Crippen LogP) is 3.99. The predicted molar refractivity (Wildman–Crippen MR) is 113 cm³/mol. The zero-order valence-electron chi connectivity index (χ0n) is 38.3. The molecule has 1 saturated heterocycles. The number of halogens is 2. The highest BCUT2D eigenvalue weighted by Gasteiger charge is 2.24. The second-order valence-electron chi connectivity index (χ2n) is 4.76. The smallest absolute Gasteiger partial charge is 0.314 e. The summed E-state index contributed by atoms with van der Waals surface area (Å²) in [4.78, 5) is 11.2. The summed E-state index contributed by atoms with van der Waals surface area (Å²) in [5, 5.41) is 1.36. The summed E-state index contributed by atoms with van der Waals surface area (Å²) in [6, 6.07) is -3.31. The Morgan fingerprint density at radius 1 is 1.30 bits per heavy atom. The number of nitrogens with one attached hydrogen (secondary N) is 2. The molecule has 1 heterocycles. The van der Waals surface area contributed by atoms with Gasteiger partial charge < -0.3 is 15.5 Å². The van der Waals surface area contributed by atoms with Gasteiger partial charge in [0, 0.05) is 66.4 Å². The lowest BCUT2D eigenvalue weighted by Crippen LogP contribution is -2.47. The maximum Gasteiger partial charge on any atom is 0.314 e. The molecule has 1 aromatic carbocycles. The summed E-state index contributed by atoms with van der Waals surface area (Å²) in [5.74, 6) is -4.96. The number of urea groups is 1. The molecule has 0 atom stereocenters.